The Kier molecular flexibility index (Phi) is 6.19. The van der Waals surface area contributed by atoms with E-state index in [0.717, 1.165) is 25.0 Å². The number of benzene rings is 1. The number of nitrogens with zero attached hydrogens (tertiary/aromatic N) is 3. The van der Waals surface area contributed by atoms with Crippen molar-refractivity contribution in [2.24, 2.45) is 0 Å². The predicted octanol–water partition coefficient (Wildman–Crippen LogP) is 2.87. The summed E-state index contributed by atoms with van der Waals surface area (Å²) < 4.78 is 37.4. The number of furan rings is 1. The van der Waals surface area contributed by atoms with Gasteiger partial charge in [0.25, 0.3) is 0 Å². The molecule has 0 unspecified atom stereocenters. The Hall–Kier alpha value is -2.98. The Labute approximate surface area is 180 Å². The smallest absolute Gasteiger partial charge is 0.316 e. The van der Waals surface area contributed by atoms with E-state index in [4.69, 9.17) is 8.94 Å². The maximum atomic E-state index is 12.8. The van der Waals surface area contributed by atoms with Crippen LogP contribution in [0.15, 0.2) is 56.5 Å². The van der Waals surface area contributed by atoms with Crippen LogP contribution in [0.1, 0.15) is 42.6 Å². The van der Waals surface area contributed by atoms with E-state index >= 15 is 0 Å². The summed E-state index contributed by atoms with van der Waals surface area (Å²) in [6, 6.07) is 9.72. The molecule has 1 atom stereocenters. The van der Waals surface area contributed by atoms with E-state index in [1.807, 2.05) is 13.0 Å². The first-order chi connectivity index (χ1) is 14.9. The highest BCUT2D eigenvalue weighted by Crippen LogP contribution is 2.23. The van der Waals surface area contributed by atoms with Crippen LogP contribution in [0, 0.1) is 0 Å². The van der Waals surface area contributed by atoms with Gasteiger partial charge in [-0.3, -0.25) is 4.79 Å². The van der Waals surface area contributed by atoms with Crippen molar-refractivity contribution >= 4 is 15.9 Å². The fourth-order valence-corrected chi connectivity index (χ4v) is 5.05. The minimum atomic E-state index is -3.51. The van der Waals surface area contributed by atoms with Gasteiger partial charge >= 0.3 is 11.8 Å². The predicted molar refractivity (Wildman–Crippen MR) is 112 cm³/mol. The lowest BCUT2D eigenvalue weighted by molar-refractivity contribution is 0.0895. The van der Waals surface area contributed by atoms with Gasteiger partial charge in [-0.15, -0.1) is 0 Å². The first kappa shape index (κ1) is 21.3. The lowest BCUT2D eigenvalue weighted by Gasteiger charge is -2.25. The molecule has 1 aromatic carbocycles. The number of carbonyl (C=O) groups excluding carboxylic acids is 1. The van der Waals surface area contributed by atoms with Crippen molar-refractivity contribution in [2.45, 2.75) is 43.5 Å². The summed E-state index contributed by atoms with van der Waals surface area (Å²) in [5, 5.41) is 6.63. The number of carbonyl (C=O) groups is 1. The summed E-state index contributed by atoms with van der Waals surface area (Å²) in [6.45, 7) is 2.94. The van der Waals surface area contributed by atoms with E-state index < -0.39 is 15.9 Å². The highest BCUT2D eigenvalue weighted by Gasteiger charge is 2.26. The molecule has 1 aliphatic heterocycles. The molecular weight excluding hydrogens is 420 g/mol. The van der Waals surface area contributed by atoms with Gasteiger partial charge in [-0.05, 0) is 56.2 Å². The topological polar surface area (TPSA) is 119 Å². The van der Waals surface area contributed by atoms with Crippen molar-refractivity contribution in [3.8, 4) is 11.4 Å². The highest BCUT2D eigenvalue weighted by molar-refractivity contribution is 7.89. The number of piperidine rings is 1. The van der Waals surface area contributed by atoms with E-state index in [9.17, 15) is 13.2 Å². The highest BCUT2D eigenvalue weighted by atomic mass is 32.2. The van der Waals surface area contributed by atoms with Crippen LogP contribution in [0.4, 0.5) is 0 Å². The second-order valence-corrected chi connectivity index (χ2v) is 9.51. The van der Waals surface area contributed by atoms with Gasteiger partial charge in [0.15, 0.2) is 0 Å². The molecule has 1 aliphatic rings. The zero-order valence-corrected chi connectivity index (χ0v) is 18.0. The first-order valence-electron chi connectivity index (χ1n) is 10.2. The maximum Gasteiger partial charge on any atom is 0.316 e. The van der Waals surface area contributed by atoms with Crippen LogP contribution in [-0.2, 0) is 16.4 Å². The zero-order chi connectivity index (χ0) is 21.8. The molecule has 1 N–H and O–H groups in total. The summed E-state index contributed by atoms with van der Waals surface area (Å²) in [5.74, 6) is 0.331. The molecule has 10 heteroatoms. The van der Waals surface area contributed by atoms with Crippen LogP contribution in [0.5, 0.6) is 0 Å². The largest absolute Gasteiger partial charge is 0.469 e. The molecule has 0 saturated carbocycles. The minimum absolute atomic E-state index is 0.161. The van der Waals surface area contributed by atoms with E-state index in [1.54, 1.807) is 24.5 Å². The molecule has 3 aromatic rings. The number of hydrogen-bond donors (Lipinski definition) is 1. The van der Waals surface area contributed by atoms with Crippen molar-refractivity contribution < 1.29 is 22.2 Å². The third kappa shape index (κ3) is 4.86. The third-order valence-corrected chi connectivity index (χ3v) is 7.06. The van der Waals surface area contributed by atoms with Gasteiger partial charge in [-0.25, -0.2) is 8.42 Å². The number of amides is 1. The molecule has 31 heavy (non-hydrogen) atoms. The van der Waals surface area contributed by atoms with Crippen LogP contribution < -0.4 is 5.32 Å². The molecule has 0 bridgehead atoms. The number of hydrogen-bond acceptors (Lipinski definition) is 7. The molecule has 3 heterocycles. The van der Waals surface area contributed by atoms with Gasteiger partial charge in [-0.2, -0.15) is 9.29 Å². The van der Waals surface area contributed by atoms with Crippen molar-refractivity contribution in [1.82, 2.24) is 19.8 Å². The van der Waals surface area contributed by atoms with Crippen molar-refractivity contribution in [3.63, 3.8) is 0 Å². The third-order valence-electron chi connectivity index (χ3n) is 5.15. The Morgan fingerprint density at radius 2 is 1.90 bits per heavy atom. The molecule has 4 rings (SSSR count). The normalized spacial score (nSPS) is 16.2. The lowest BCUT2D eigenvalue weighted by Crippen LogP contribution is -2.35. The Morgan fingerprint density at radius 3 is 2.58 bits per heavy atom. The number of sulfonamides is 1. The summed E-state index contributed by atoms with van der Waals surface area (Å²) in [4.78, 5) is 16.7. The minimum Gasteiger partial charge on any atom is -0.469 e. The van der Waals surface area contributed by atoms with E-state index in [0.29, 0.717) is 25.1 Å². The van der Waals surface area contributed by atoms with Gasteiger partial charge in [0.05, 0.1) is 11.2 Å². The molecule has 1 saturated heterocycles. The van der Waals surface area contributed by atoms with Crippen molar-refractivity contribution in [1.29, 1.82) is 0 Å². The van der Waals surface area contributed by atoms with E-state index in [-0.39, 0.29) is 22.7 Å². The lowest BCUT2D eigenvalue weighted by atomic mass is 10.2. The van der Waals surface area contributed by atoms with Gasteiger partial charge in [-0.1, -0.05) is 11.6 Å². The molecule has 1 amide bonds. The van der Waals surface area contributed by atoms with Crippen LogP contribution in [0.2, 0.25) is 0 Å². The van der Waals surface area contributed by atoms with Crippen molar-refractivity contribution in [3.05, 3.63) is 54.3 Å². The molecule has 0 spiro atoms. The Bertz CT molecular complexity index is 1120. The number of rotatable bonds is 7. The van der Waals surface area contributed by atoms with Crippen LogP contribution in [0.25, 0.3) is 11.4 Å². The monoisotopic (exact) mass is 444 g/mol. The van der Waals surface area contributed by atoms with Crippen LogP contribution in [0.3, 0.4) is 0 Å². The van der Waals surface area contributed by atoms with Gasteiger partial charge < -0.3 is 14.3 Å². The second kappa shape index (κ2) is 9.03. The molecular formula is C21H24N4O5S. The number of aromatic nitrogens is 2. The zero-order valence-electron chi connectivity index (χ0n) is 17.2. The van der Waals surface area contributed by atoms with Crippen molar-refractivity contribution in [2.75, 3.05) is 13.1 Å². The second-order valence-electron chi connectivity index (χ2n) is 7.57. The molecule has 164 valence electrons. The van der Waals surface area contributed by atoms with Crippen LogP contribution in [-0.4, -0.2) is 47.9 Å². The molecule has 0 radical (unpaired) electrons. The summed E-state index contributed by atoms with van der Waals surface area (Å²) in [7, 11) is -3.51. The average molecular weight is 445 g/mol. The Morgan fingerprint density at radius 1 is 1.16 bits per heavy atom. The summed E-state index contributed by atoms with van der Waals surface area (Å²) in [5.41, 5.74) is 0.559. The van der Waals surface area contributed by atoms with Gasteiger partial charge in [0.2, 0.25) is 15.8 Å². The quantitative estimate of drug-likeness (QED) is 0.595. The fraction of sp³-hybridized carbons (Fsp3) is 0.381. The van der Waals surface area contributed by atoms with E-state index in [1.165, 1.54) is 16.4 Å². The summed E-state index contributed by atoms with van der Waals surface area (Å²) in [6.07, 6.45) is 4.93. The molecule has 9 nitrogen and oxygen atoms in total. The maximum absolute atomic E-state index is 12.8. The molecule has 2 aromatic heterocycles. The van der Waals surface area contributed by atoms with Crippen LogP contribution >= 0.6 is 0 Å². The summed E-state index contributed by atoms with van der Waals surface area (Å²) >= 11 is 0. The van der Waals surface area contributed by atoms with E-state index in [2.05, 4.69) is 15.5 Å². The Balaban J connectivity index is 1.42. The van der Waals surface area contributed by atoms with Gasteiger partial charge in [0, 0.05) is 31.1 Å². The molecule has 1 fully saturated rings. The van der Waals surface area contributed by atoms with Gasteiger partial charge in [0.1, 0.15) is 5.76 Å². The number of nitrogens with one attached hydrogen (secondary N) is 1. The average Bonchev–Trinajstić information content (AvgIpc) is 3.47. The SMILES string of the molecule is C[C@@H](Cc1ccco1)NC(=O)c1nc(-c2ccc(S(=O)(=O)N3CCCCC3)cc2)no1. The standard InChI is InChI=1S/C21H24N4O5S/c1-15(14-17-6-5-13-29-17)22-20(26)21-23-19(24-30-21)16-7-9-18(10-8-16)31(27,28)25-11-3-2-4-12-25/h5-10,13,15H,2-4,11-12,14H2,1H3,(H,22,26)/t15-/m0/s1. The fourth-order valence-electron chi connectivity index (χ4n) is 3.53. The molecule has 0 aliphatic carbocycles. The first-order valence-corrected chi connectivity index (χ1v) is 11.6.